The van der Waals surface area contributed by atoms with E-state index in [2.05, 4.69) is 13.8 Å². The molecular weight excluding hydrogens is 740 g/mol. The average Bonchev–Trinajstić information content (AvgIpc) is 3.19. The SMILES string of the molecule is CCCCCC[C@H](CC(=O)N(C[C@H]1OC(O[C@@H]2O[C@@H](CN(C(=O)C[C@H](CCCCCC)OC)[C@@H](C)CCC)[C@H](O)[C@@H](O)[C@@H]2O)[C@H](O)[C@@H](O)[C@@H]1O)[C@@H](C)CCC)OC. The number of aliphatic hydroxyl groups is 6. The third-order valence-corrected chi connectivity index (χ3v) is 11.7. The van der Waals surface area contributed by atoms with Gasteiger partial charge >= 0.3 is 0 Å². The lowest BCUT2D eigenvalue weighted by Crippen LogP contribution is -2.65. The Hall–Kier alpha value is -1.50. The molecule has 336 valence electrons. The summed E-state index contributed by atoms with van der Waals surface area (Å²) in [5.74, 6) is -0.411. The molecule has 0 aromatic heterocycles. The van der Waals surface area contributed by atoms with E-state index in [0.717, 1.165) is 77.0 Å². The molecule has 2 rings (SSSR count). The molecule has 2 aliphatic rings. The molecule has 0 aromatic carbocycles. The number of amides is 2. The highest BCUT2D eigenvalue weighted by Crippen LogP contribution is 2.30. The number of hydrogen-bond donors (Lipinski definition) is 6. The van der Waals surface area contributed by atoms with Crippen LogP contribution in [0.2, 0.25) is 0 Å². The van der Waals surface area contributed by atoms with Crippen molar-refractivity contribution in [1.82, 2.24) is 9.80 Å². The fourth-order valence-electron chi connectivity index (χ4n) is 7.91. The molecule has 0 aliphatic carbocycles. The molecule has 2 aliphatic heterocycles. The van der Waals surface area contributed by atoms with Crippen molar-refractivity contribution < 1.29 is 63.9 Å². The van der Waals surface area contributed by atoms with Crippen LogP contribution in [-0.4, -0.2) is 165 Å². The van der Waals surface area contributed by atoms with Gasteiger partial charge in [-0.25, -0.2) is 0 Å². The Morgan fingerprint density at radius 3 is 1.21 bits per heavy atom. The van der Waals surface area contributed by atoms with E-state index in [-0.39, 0.29) is 62.0 Å². The van der Waals surface area contributed by atoms with Crippen molar-refractivity contribution in [3.63, 3.8) is 0 Å². The summed E-state index contributed by atoms with van der Waals surface area (Å²) in [6.07, 6.45) is -3.76. The highest BCUT2D eigenvalue weighted by Gasteiger charge is 2.51. The molecule has 1 unspecified atom stereocenters. The van der Waals surface area contributed by atoms with Gasteiger partial charge in [-0.3, -0.25) is 9.59 Å². The van der Waals surface area contributed by atoms with Crippen LogP contribution in [0.5, 0.6) is 0 Å². The van der Waals surface area contributed by atoms with Gasteiger partial charge in [-0.2, -0.15) is 0 Å². The average molecular weight is 821 g/mol. The molecule has 15 nitrogen and oxygen atoms in total. The molecular formula is C42H80N2O13. The molecule has 0 spiro atoms. The number of rotatable bonds is 28. The number of carbonyl (C=O) groups excluding carboxylic acids is 2. The maximum absolute atomic E-state index is 13.8. The zero-order valence-electron chi connectivity index (χ0n) is 36.2. The smallest absolute Gasteiger partial charge is 0.225 e. The number of unbranched alkanes of at least 4 members (excludes halogenated alkanes) is 6. The van der Waals surface area contributed by atoms with E-state index < -0.39 is 61.4 Å². The van der Waals surface area contributed by atoms with Crippen LogP contribution >= 0.6 is 0 Å². The Bertz CT molecular complexity index is 1020. The predicted molar refractivity (Wildman–Crippen MR) is 215 cm³/mol. The van der Waals surface area contributed by atoms with E-state index in [9.17, 15) is 40.2 Å². The minimum Gasteiger partial charge on any atom is -0.388 e. The summed E-state index contributed by atoms with van der Waals surface area (Å²) in [6, 6.07) is -0.498. The molecule has 0 bridgehead atoms. The number of hydrogen-bond acceptors (Lipinski definition) is 13. The summed E-state index contributed by atoms with van der Waals surface area (Å²) in [5.41, 5.74) is 0. The molecule has 15 heteroatoms. The fraction of sp³-hybridized carbons (Fsp3) is 0.952. The van der Waals surface area contributed by atoms with Gasteiger partial charge in [0.25, 0.3) is 0 Å². The molecule has 2 fully saturated rings. The third-order valence-electron chi connectivity index (χ3n) is 11.7. The topological polar surface area (TPSA) is 208 Å². The minimum atomic E-state index is -1.81. The van der Waals surface area contributed by atoms with Gasteiger partial charge < -0.3 is 64.1 Å². The first-order valence-electron chi connectivity index (χ1n) is 21.9. The van der Waals surface area contributed by atoms with Gasteiger partial charge in [0, 0.05) is 39.4 Å². The van der Waals surface area contributed by atoms with Gasteiger partial charge in [-0.05, 0) is 39.5 Å². The summed E-state index contributed by atoms with van der Waals surface area (Å²) in [5, 5.41) is 66.2. The maximum atomic E-state index is 13.8. The highest BCUT2D eigenvalue weighted by atomic mass is 16.8. The maximum Gasteiger partial charge on any atom is 0.225 e. The van der Waals surface area contributed by atoms with E-state index in [4.69, 9.17) is 23.7 Å². The second-order valence-corrected chi connectivity index (χ2v) is 16.4. The van der Waals surface area contributed by atoms with Crippen LogP contribution < -0.4 is 0 Å². The van der Waals surface area contributed by atoms with Crippen molar-refractivity contribution in [2.45, 2.75) is 230 Å². The zero-order chi connectivity index (χ0) is 42.7. The first-order valence-corrected chi connectivity index (χ1v) is 21.9. The summed E-state index contributed by atoms with van der Waals surface area (Å²) in [6.45, 7) is 11.8. The van der Waals surface area contributed by atoms with Crippen molar-refractivity contribution in [3.05, 3.63) is 0 Å². The largest absolute Gasteiger partial charge is 0.388 e. The van der Waals surface area contributed by atoms with Crippen LogP contribution in [0.25, 0.3) is 0 Å². The van der Waals surface area contributed by atoms with E-state index in [1.54, 1.807) is 24.0 Å². The summed E-state index contributed by atoms with van der Waals surface area (Å²) in [7, 11) is 3.17. The fourth-order valence-corrected chi connectivity index (χ4v) is 7.91. The molecule has 2 heterocycles. The van der Waals surface area contributed by atoms with Gasteiger partial charge in [0.1, 0.15) is 48.8 Å². The first kappa shape index (κ1) is 51.6. The lowest BCUT2D eigenvalue weighted by atomic mass is 9.96. The number of ether oxygens (including phenoxy) is 5. The molecule has 6 N–H and O–H groups in total. The standard InChI is InChI=1S/C42H80N2O13/c1-9-13-15-17-21-29(53-7)23-33(45)43(27(5)19-11-3)25-31-35(47)37(49)39(51)41(55-31)57-42-40(52)38(50)36(48)32(56-42)26-44(28(6)20-12-4)34(46)24-30(54-8)22-18-16-14-10-2/h27-32,35-42,47-52H,9-26H2,1-8H3/t27-,28-,29-,30+,31-,32+,35-,36+,37+,38-,39-,40+,41-,42?/m0/s1. The molecule has 0 radical (unpaired) electrons. The lowest BCUT2D eigenvalue weighted by Gasteiger charge is -2.47. The Morgan fingerprint density at radius 1 is 0.526 bits per heavy atom. The molecule has 2 amide bonds. The Labute approximate surface area is 342 Å². The van der Waals surface area contributed by atoms with E-state index >= 15 is 0 Å². The van der Waals surface area contributed by atoms with Crippen LogP contribution in [0.15, 0.2) is 0 Å². The van der Waals surface area contributed by atoms with Gasteiger partial charge in [-0.1, -0.05) is 91.9 Å². The zero-order valence-corrected chi connectivity index (χ0v) is 36.2. The normalized spacial score (nSPS) is 30.1. The van der Waals surface area contributed by atoms with E-state index in [0.29, 0.717) is 12.8 Å². The summed E-state index contributed by atoms with van der Waals surface area (Å²) < 4.78 is 29.3. The second kappa shape index (κ2) is 27.4. The van der Waals surface area contributed by atoms with Crippen LogP contribution in [0.4, 0.5) is 0 Å². The molecule has 2 saturated heterocycles. The van der Waals surface area contributed by atoms with Crippen molar-refractivity contribution in [3.8, 4) is 0 Å². The molecule has 0 aromatic rings. The van der Waals surface area contributed by atoms with Crippen LogP contribution in [0, 0.1) is 0 Å². The Kier molecular flexibility index (Phi) is 24.8. The number of nitrogens with zero attached hydrogens (tertiary/aromatic N) is 2. The van der Waals surface area contributed by atoms with Crippen molar-refractivity contribution in [2.75, 3.05) is 27.3 Å². The Morgan fingerprint density at radius 2 is 0.895 bits per heavy atom. The molecule has 0 saturated carbocycles. The monoisotopic (exact) mass is 821 g/mol. The van der Waals surface area contributed by atoms with Crippen molar-refractivity contribution in [2.24, 2.45) is 0 Å². The first-order chi connectivity index (χ1) is 27.2. The number of methoxy groups -OCH3 is 2. The minimum absolute atomic E-state index is 0.121. The highest BCUT2D eigenvalue weighted by molar-refractivity contribution is 5.77. The van der Waals surface area contributed by atoms with Crippen molar-refractivity contribution in [1.29, 1.82) is 0 Å². The van der Waals surface area contributed by atoms with Crippen LogP contribution in [0.3, 0.4) is 0 Å². The number of carbonyl (C=O) groups is 2. The lowest BCUT2D eigenvalue weighted by molar-refractivity contribution is -0.374. The van der Waals surface area contributed by atoms with Crippen LogP contribution in [-0.2, 0) is 33.3 Å². The van der Waals surface area contributed by atoms with Gasteiger partial charge in [0.15, 0.2) is 12.6 Å². The predicted octanol–water partition coefficient (Wildman–Crippen LogP) is 3.40. The molecule has 14 atom stereocenters. The third kappa shape index (κ3) is 16.1. The van der Waals surface area contributed by atoms with E-state index in [1.165, 1.54) is 0 Å². The second-order valence-electron chi connectivity index (χ2n) is 16.4. The van der Waals surface area contributed by atoms with Gasteiger partial charge in [-0.15, -0.1) is 0 Å². The van der Waals surface area contributed by atoms with Gasteiger partial charge in [0.2, 0.25) is 11.8 Å². The van der Waals surface area contributed by atoms with Crippen molar-refractivity contribution >= 4 is 11.8 Å². The van der Waals surface area contributed by atoms with Gasteiger partial charge in [0.05, 0.1) is 25.0 Å². The summed E-state index contributed by atoms with van der Waals surface area (Å²) in [4.78, 5) is 30.8. The summed E-state index contributed by atoms with van der Waals surface area (Å²) >= 11 is 0. The Balaban J connectivity index is 2.26. The number of aliphatic hydroxyl groups excluding tert-OH is 6. The van der Waals surface area contributed by atoms with Crippen LogP contribution in [0.1, 0.15) is 144 Å². The quantitative estimate of drug-likeness (QED) is 0.0627. The van der Waals surface area contributed by atoms with E-state index in [1.807, 2.05) is 27.7 Å². The molecule has 57 heavy (non-hydrogen) atoms.